The van der Waals surface area contributed by atoms with E-state index in [0.717, 1.165) is 51.8 Å². The summed E-state index contributed by atoms with van der Waals surface area (Å²) >= 11 is 0. The van der Waals surface area contributed by atoms with Gasteiger partial charge in [-0.2, -0.15) is 0 Å². The third-order valence-corrected chi connectivity index (χ3v) is 4.53. The Morgan fingerprint density at radius 1 is 1.26 bits per heavy atom. The third kappa shape index (κ3) is 6.25. The molecule has 2 heterocycles. The van der Waals surface area contributed by atoms with Crippen LogP contribution in [0.5, 0.6) is 0 Å². The number of nitrogens with zero attached hydrogens (tertiary/aromatic N) is 4. The first kappa shape index (κ1) is 18.4. The van der Waals surface area contributed by atoms with Gasteiger partial charge in [0.1, 0.15) is 0 Å². The number of hydrogen-bond donors (Lipinski definition) is 1. The van der Waals surface area contributed by atoms with Gasteiger partial charge in [0.15, 0.2) is 5.96 Å². The number of hydrogen-bond acceptors (Lipinski definition) is 5. The fourth-order valence-corrected chi connectivity index (χ4v) is 3.18. The van der Waals surface area contributed by atoms with Crippen molar-refractivity contribution in [3.05, 3.63) is 0 Å². The number of aliphatic imine (C=N–C) groups is 1. The highest BCUT2D eigenvalue weighted by molar-refractivity contribution is 5.80. The van der Waals surface area contributed by atoms with E-state index < -0.39 is 0 Å². The molecule has 134 valence electrons. The van der Waals surface area contributed by atoms with Gasteiger partial charge < -0.3 is 29.5 Å². The van der Waals surface area contributed by atoms with Crippen molar-refractivity contribution in [3.8, 4) is 0 Å². The lowest BCUT2D eigenvalue weighted by molar-refractivity contribution is -0.0447. The molecule has 0 saturated carbocycles. The maximum absolute atomic E-state index is 5.70. The summed E-state index contributed by atoms with van der Waals surface area (Å²) in [6, 6.07) is 0. The average molecular weight is 327 g/mol. The molecule has 1 N–H and O–H groups in total. The molecule has 7 nitrogen and oxygen atoms in total. The Morgan fingerprint density at radius 2 is 2.13 bits per heavy atom. The molecular formula is C16H33N5O2. The SMILES string of the molecule is CN=C(NCCN1CCCN(C)CC1)N1CCOC(COC)C1. The summed E-state index contributed by atoms with van der Waals surface area (Å²) in [5.41, 5.74) is 0. The van der Waals surface area contributed by atoms with Gasteiger partial charge >= 0.3 is 0 Å². The molecule has 0 amide bonds. The van der Waals surface area contributed by atoms with Gasteiger partial charge in [0.05, 0.1) is 19.3 Å². The smallest absolute Gasteiger partial charge is 0.193 e. The minimum Gasteiger partial charge on any atom is -0.382 e. The van der Waals surface area contributed by atoms with Crippen molar-refractivity contribution in [3.63, 3.8) is 0 Å². The van der Waals surface area contributed by atoms with Gasteiger partial charge in [-0.15, -0.1) is 0 Å². The van der Waals surface area contributed by atoms with Gasteiger partial charge in [-0.25, -0.2) is 0 Å². The Balaban J connectivity index is 1.72. The van der Waals surface area contributed by atoms with Crippen molar-refractivity contribution in [2.45, 2.75) is 12.5 Å². The van der Waals surface area contributed by atoms with E-state index in [0.29, 0.717) is 6.61 Å². The first-order valence-corrected chi connectivity index (χ1v) is 8.70. The minimum absolute atomic E-state index is 0.133. The molecule has 1 unspecified atom stereocenters. The average Bonchev–Trinajstić information content (AvgIpc) is 2.77. The Labute approximate surface area is 140 Å². The van der Waals surface area contributed by atoms with Gasteiger partial charge in [-0.05, 0) is 26.6 Å². The minimum atomic E-state index is 0.133. The summed E-state index contributed by atoms with van der Waals surface area (Å²) in [5.74, 6) is 0.973. The van der Waals surface area contributed by atoms with Gasteiger partial charge in [-0.1, -0.05) is 0 Å². The van der Waals surface area contributed by atoms with Crippen molar-refractivity contribution in [2.24, 2.45) is 4.99 Å². The van der Waals surface area contributed by atoms with Crippen LogP contribution < -0.4 is 5.32 Å². The van der Waals surface area contributed by atoms with Crippen LogP contribution in [0.1, 0.15) is 6.42 Å². The molecule has 0 aromatic rings. The van der Waals surface area contributed by atoms with E-state index in [1.54, 1.807) is 7.11 Å². The van der Waals surface area contributed by atoms with Gasteiger partial charge in [0.25, 0.3) is 0 Å². The second-order valence-electron chi connectivity index (χ2n) is 6.37. The summed E-state index contributed by atoms with van der Waals surface area (Å²) in [5, 5.41) is 3.50. The highest BCUT2D eigenvalue weighted by Crippen LogP contribution is 2.06. The molecule has 0 aromatic heterocycles. The molecule has 2 saturated heterocycles. The summed E-state index contributed by atoms with van der Waals surface area (Å²) in [6.07, 6.45) is 1.39. The lowest BCUT2D eigenvalue weighted by Gasteiger charge is -2.35. The normalized spacial score (nSPS) is 25.4. The van der Waals surface area contributed by atoms with Crippen LogP contribution in [0.2, 0.25) is 0 Å². The van der Waals surface area contributed by atoms with Crippen LogP contribution in [0.4, 0.5) is 0 Å². The Kier molecular flexibility index (Phi) is 8.08. The molecule has 23 heavy (non-hydrogen) atoms. The second-order valence-corrected chi connectivity index (χ2v) is 6.37. The van der Waals surface area contributed by atoms with Crippen molar-refractivity contribution in [1.82, 2.24) is 20.0 Å². The number of guanidine groups is 1. The maximum atomic E-state index is 5.70. The van der Waals surface area contributed by atoms with Gasteiger partial charge in [-0.3, -0.25) is 4.99 Å². The molecular weight excluding hydrogens is 294 g/mol. The molecule has 0 radical (unpaired) electrons. The Bertz CT molecular complexity index is 364. The summed E-state index contributed by atoms with van der Waals surface area (Å²) < 4.78 is 10.9. The first-order valence-electron chi connectivity index (χ1n) is 8.70. The topological polar surface area (TPSA) is 52.6 Å². The molecule has 0 bridgehead atoms. The zero-order chi connectivity index (χ0) is 16.5. The molecule has 0 aliphatic carbocycles. The van der Waals surface area contributed by atoms with E-state index >= 15 is 0 Å². The van der Waals surface area contributed by atoms with Crippen molar-refractivity contribution in [1.29, 1.82) is 0 Å². The van der Waals surface area contributed by atoms with E-state index in [-0.39, 0.29) is 6.10 Å². The standard InChI is InChI=1S/C16H33N5O2/c1-17-16(21-11-12-23-15(13-21)14-22-3)18-5-8-20-7-4-6-19(2)9-10-20/h15H,4-14H2,1-3H3,(H,17,18). The van der Waals surface area contributed by atoms with Crippen LogP contribution in [0, 0.1) is 0 Å². The van der Waals surface area contributed by atoms with Crippen LogP contribution in [0.15, 0.2) is 4.99 Å². The molecule has 1 atom stereocenters. The van der Waals surface area contributed by atoms with E-state index in [1.807, 2.05) is 7.05 Å². The fraction of sp³-hybridized carbons (Fsp3) is 0.938. The molecule has 2 rings (SSSR count). The second kappa shape index (κ2) is 10.1. The zero-order valence-corrected chi connectivity index (χ0v) is 15.0. The quantitative estimate of drug-likeness (QED) is 0.545. The maximum Gasteiger partial charge on any atom is 0.193 e. The predicted octanol–water partition coefficient (Wildman–Crippen LogP) is -0.453. The highest BCUT2D eigenvalue weighted by atomic mass is 16.5. The van der Waals surface area contributed by atoms with Crippen molar-refractivity contribution in [2.75, 3.05) is 86.8 Å². The third-order valence-electron chi connectivity index (χ3n) is 4.53. The van der Waals surface area contributed by atoms with Crippen LogP contribution >= 0.6 is 0 Å². The summed E-state index contributed by atoms with van der Waals surface area (Å²) in [7, 11) is 5.77. The van der Waals surface area contributed by atoms with Crippen molar-refractivity contribution < 1.29 is 9.47 Å². The monoisotopic (exact) mass is 327 g/mol. The summed E-state index contributed by atoms with van der Waals surface area (Å²) in [6.45, 7) is 9.80. The number of ether oxygens (including phenoxy) is 2. The lowest BCUT2D eigenvalue weighted by atomic mass is 10.3. The number of nitrogens with one attached hydrogen (secondary N) is 1. The largest absolute Gasteiger partial charge is 0.382 e. The lowest BCUT2D eigenvalue weighted by Crippen LogP contribution is -2.52. The van der Waals surface area contributed by atoms with E-state index in [9.17, 15) is 0 Å². The van der Waals surface area contributed by atoms with Crippen LogP contribution in [-0.2, 0) is 9.47 Å². The van der Waals surface area contributed by atoms with E-state index in [4.69, 9.17) is 9.47 Å². The number of rotatable bonds is 5. The first-order chi connectivity index (χ1) is 11.2. The predicted molar refractivity (Wildman–Crippen MR) is 93.1 cm³/mol. The zero-order valence-electron chi connectivity index (χ0n) is 15.0. The van der Waals surface area contributed by atoms with Crippen LogP contribution in [-0.4, -0.2) is 114 Å². The Hall–Kier alpha value is -0.890. The molecule has 2 aliphatic rings. The fourth-order valence-electron chi connectivity index (χ4n) is 3.18. The molecule has 0 aromatic carbocycles. The Morgan fingerprint density at radius 3 is 2.91 bits per heavy atom. The molecule has 2 aliphatic heterocycles. The number of likely N-dealkylation sites (N-methyl/N-ethyl adjacent to an activating group) is 1. The van der Waals surface area contributed by atoms with Gasteiger partial charge in [0.2, 0.25) is 0 Å². The van der Waals surface area contributed by atoms with Crippen LogP contribution in [0.25, 0.3) is 0 Å². The van der Waals surface area contributed by atoms with E-state index in [1.165, 1.54) is 19.5 Å². The molecule has 2 fully saturated rings. The van der Waals surface area contributed by atoms with Crippen molar-refractivity contribution >= 4 is 5.96 Å². The summed E-state index contributed by atoms with van der Waals surface area (Å²) in [4.78, 5) is 11.6. The molecule has 7 heteroatoms. The number of morpholine rings is 1. The molecule has 0 spiro atoms. The van der Waals surface area contributed by atoms with E-state index in [2.05, 4.69) is 32.1 Å². The number of methoxy groups -OCH3 is 1. The van der Waals surface area contributed by atoms with Gasteiger partial charge in [0, 0.05) is 53.4 Å². The van der Waals surface area contributed by atoms with Crippen LogP contribution in [0.3, 0.4) is 0 Å². The highest BCUT2D eigenvalue weighted by Gasteiger charge is 2.22.